The largest absolute Gasteiger partial charge is 0.358 e. The minimum absolute atomic E-state index is 0.0976. The first-order chi connectivity index (χ1) is 13.2. The van der Waals surface area contributed by atoms with Crippen LogP contribution in [0.25, 0.3) is 22.2 Å². The Hall–Kier alpha value is -3.40. The Balaban J connectivity index is 1.40. The van der Waals surface area contributed by atoms with Crippen molar-refractivity contribution in [2.24, 2.45) is 0 Å². The second kappa shape index (κ2) is 7.46. The number of para-hydroxylation sites is 1. The Morgan fingerprint density at radius 1 is 1.00 bits per heavy atom. The van der Waals surface area contributed by atoms with Crippen LogP contribution in [0.15, 0.2) is 72.9 Å². The highest BCUT2D eigenvalue weighted by Gasteiger charge is 2.10. The molecule has 0 fully saturated rings. The maximum atomic E-state index is 12.4. The van der Waals surface area contributed by atoms with Gasteiger partial charge in [0.05, 0.1) is 11.3 Å². The molecule has 0 bridgehead atoms. The highest BCUT2D eigenvalue weighted by atomic mass is 16.1. The van der Waals surface area contributed by atoms with E-state index in [1.165, 1.54) is 10.9 Å². The van der Waals surface area contributed by atoms with Crippen molar-refractivity contribution in [1.29, 1.82) is 0 Å². The predicted octanol–water partition coefficient (Wildman–Crippen LogP) is 4.51. The van der Waals surface area contributed by atoms with Crippen LogP contribution >= 0.6 is 0 Å². The van der Waals surface area contributed by atoms with E-state index in [1.807, 2.05) is 54.6 Å². The van der Waals surface area contributed by atoms with Crippen molar-refractivity contribution >= 4 is 16.8 Å². The molecule has 134 valence electrons. The molecule has 4 rings (SSSR count). The summed E-state index contributed by atoms with van der Waals surface area (Å²) in [5.41, 5.74) is 6.02. The topological polar surface area (TPSA) is 57.8 Å². The molecule has 0 unspecified atom stereocenters. The van der Waals surface area contributed by atoms with E-state index in [9.17, 15) is 4.79 Å². The Morgan fingerprint density at radius 3 is 2.56 bits per heavy atom. The zero-order valence-electron chi connectivity index (χ0n) is 15.2. The number of rotatable bonds is 5. The van der Waals surface area contributed by atoms with Gasteiger partial charge in [-0.25, -0.2) is 0 Å². The number of aryl methyl sites for hydroxylation is 1. The van der Waals surface area contributed by atoms with Gasteiger partial charge in [0.25, 0.3) is 5.91 Å². The van der Waals surface area contributed by atoms with E-state index in [1.54, 1.807) is 6.20 Å². The maximum Gasteiger partial charge on any atom is 0.252 e. The summed E-state index contributed by atoms with van der Waals surface area (Å²) in [6.07, 6.45) is 2.42. The lowest BCUT2D eigenvalue weighted by Crippen LogP contribution is -2.25. The number of hydrogen-bond acceptors (Lipinski definition) is 2. The molecule has 0 saturated heterocycles. The molecule has 1 amide bonds. The quantitative estimate of drug-likeness (QED) is 0.553. The zero-order chi connectivity index (χ0) is 18.6. The van der Waals surface area contributed by atoms with Gasteiger partial charge in [-0.3, -0.25) is 9.78 Å². The molecule has 0 aliphatic heterocycles. The number of benzene rings is 2. The molecule has 4 nitrogen and oxygen atoms in total. The van der Waals surface area contributed by atoms with Crippen molar-refractivity contribution in [2.45, 2.75) is 13.3 Å². The fourth-order valence-corrected chi connectivity index (χ4v) is 3.37. The molecule has 0 aliphatic rings. The van der Waals surface area contributed by atoms with E-state index < -0.39 is 0 Å². The Kier molecular flexibility index (Phi) is 4.71. The van der Waals surface area contributed by atoms with Crippen molar-refractivity contribution in [3.8, 4) is 11.3 Å². The van der Waals surface area contributed by atoms with Crippen molar-refractivity contribution in [3.05, 3.63) is 89.7 Å². The molecule has 0 atom stereocenters. The molecule has 0 saturated carbocycles. The summed E-state index contributed by atoms with van der Waals surface area (Å²) < 4.78 is 0. The van der Waals surface area contributed by atoms with Crippen LogP contribution in [0.4, 0.5) is 0 Å². The molecule has 4 heteroatoms. The highest BCUT2D eigenvalue weighted by Crippen LogP contribution is 2.22. The summed E-state index contributed by atoms with van der Waals surface area (Å²) in [6.45, 7) is 2.66. The summed E-state index contributed by atoms with van der Waals surface area (Å²) in [5.74, 6) is -0.0976. The fourth-order valence-electron chi connectivity index (χ4n) is 3.37. The summed E-state index contributed by atoms with van der Waals surface area (Å²) in [6, 6.07) is 21.9. The van der Waals surface area contributed by atoms with E-state index in [2.05, 4.69) is 34.3 Å². The van der Waals surface area contributed by atoms with E-state index in [0.717, 1.165) is 28.9 Å². The van der Waals surface area contributed by atoms with Crippen LogP contribution in [0.5, 0.6) is 0 Å². The fraction of sp³-hybridized carbons (Fsp3) is 0.130. The Morgan fingerprint density at radius 2 is 1.78 bits per heavy atom. The number of fused-ring (bicyclic) bond motifs is 1. The van der Waals surface area contributed by atoms with Crippen LogP contribution in [0.2, 0.25) is 0 Å². The van der Waals surface area contributed by atoms with Gasteiger partial charge in [-0.2, -0.15) is 0 Å². The van der Waals surface area contributed by atoms with Crippen molar-refractivity contribution in [1.82, 2.24) is 15.3 Å². The lowest BCUT2D eigenvalue weighted by atomic mass is 10.1. The molecule has 2 aromatic carbocycles. The maximum absolute atomic E-state index is 12.4. The molecule has 2 heterocycles. The summed E-state index contributed by atoms with van der Waals surface area (Å²) in [5, 5.41) is 4.22. The predicted molar refractivity (Wildman–Crippen MR) is 109 cm³/mol. The molecular formula is C23H21N3O. The molecule has 4 aromatic rings. The van der Waals surface area contributed by atoms with Gasteiger partial charge in [-0.1, -0.05) is 48.5 Å². The summed E-state index contributed by atoms with van der Waals surface area (Å²) >= 11 is 0. The van der Waals surface area contributed by atoms with E-state index in [-0.39, 0.29) is 5.91 Å². The second-order valence-corrected chi connectivity index (χ2v) is 6.58. The minimum atomic E-state index is -0.0976. The number of pyridine rings is 1. The molecule has 2 aromatic heterocycles. The van der Waals surface area contributed by atoms with Gasteiger partial charge in [-0.15, -0.1) is 0 Å². The number of aromatic amines is 1. The lowest BCUT2D eigenvalue weighted by molar-refractivity contribution is 0.0954. The third-order valence-electron chi connectivity index (χ3n) is 4.78. The third-order valence-corrected chi connectivity index (χ3v) is 4.78. The van der Waals surface area contributed by atoms with E-state index in [4.69, 9.17) is 0 Å². The number of hydrogen-bond donors (Lipinski definition) is 2. The SMILES string of the molecule is Cc1[nH]c2ccccc2c1CCNC(=O)c1ccc(-c2ccccc2)nc1. The van der Waals surface area contributed by atoms with Gasteiger partial charge in [0.15, 0.2) is 0 Å². The number of aromatic nitrogens is 2. The van der Waals surface area contributed by atoms with Gasteiger partial charge in [0, 0.05) is 34.9 Å². The third kappa shape index (κ3) is 3.60. The molecule has 27 heavy (non-hydrogen) atoms. The first-order valence-corrected chi connectivity index (χ1v) is 9.08. The zero-order valence-corrected chi connectivity index (χ0v) is 15.2. The van der Waals surface area contributed by atoms with Gasteiger partial charge >= 0.3 is 0 Å². The number of carbonyl (C=O) groups is 1. The standard InChI is InChI=1S/C23H21N3O/c1-16-19(20-9-5-6-10-22(20)26-16)13-14-24-23(27)18-11-12-21(25-15-18)17-7-3-2-4-8-17/h2-12,15,26H,13-14H2,1H3,(H,24,27). The number of carbonyl (C=O) groups excluding carboxylic acids is 1. The van der Waals surface area contributed by atoms with Crippen LogP contribution in [0.1, 0.15) is 21.6 Å². The highest BCUT2D eigenvalue weighted by molar-refractivity contribution is 5.94. The normalized spacial score (nSPS) is 10.9. The van der Waals surface area contributed by atoms with Crippen LogP contribution in [-0.4, -0.2) is 22.4 Å². The molecule has 0 radical (unpaired) electrons. The van der Waals surface area contributed by atoms with Gasteiger partial charge in [0.2, 0.25) is 0 Å². The number of nitrogens with zero attached hydrogens (tertiary/aromatic N) is 1. The smallest absolute Gasteiger partial charge is 0.252 e. The minimum Gasteiger partial charge on any atom is -0.358 e. The second-order valence-electron chi connectivity index (χ2n) is 6.58. The molecule has 0 spiro atoms. The number of nitrogens with one attached hydrogen (secondary N) is 2. The molecule has 2 N–H and O–H groups in total. The Labute approximate surface area is 158 Å². The lowest BCUT2D eigenvalue weighted by Gasteiger charge is -2.07. The van der Waals surface area contributed by atoms with E-state index in [0.29, 0.717) is 12.1 Å². The average molecular weight is 355 g/mol. The van der Waals surface area contributed by atoms with Crippen LogP contribution in [-0.2, 0) is 6.42 Å². The Bertz CT molecular complexity index is 1070. The molecular weight excluding hydrogens is 334 g/mol. The van der Waals surface area contributed by atoms with Crippen LogP contribution in [0, 0.1) is 6.92 Å². The van der Waals surface area contributed by atoms with Gasteiger partial charge in [0.1, 0.15) is 0 Å². The number of H-pyrrole nitrogens is 1. The van der Waals surface area contributed by atoms with Gasteiger partial charge < -0.3 is 10.3 Å². The summed E-state index contributed by atoms with van der Waals surface area (Å²) in [4.78, 5) is 20.2. The van der Waals surface area contributed by atoms with E-state index >= 15 is 0 Å². The van der Waals surface area contributed by atoms with Crippen molar-refractivity contribution in [2.75, 3.05) is 6.54 Å². The van der Waals surface area contributed by atoms with Gasteiger partial charge in [-0.05, 0) is 37.1 Å². The monoisotopic (exact) mass is 355 g/mol. The first kappa shape index (κ1) is 17.0. The summed E-state index contributed by atoms with van der Waals surface area (Å²) in [7, 11) is 0. The number of amides is 1. The van der Waals surface area contributed by atoms with Crippen molar-refractivity contribution in [3.63, 3.8) is 0 Å². The van der Waals surface area contributed by atoms with Crippen LogP contribution < -0.4 is 5.32 Å². The van der Waals surface area contributed by atoms with Crippen molar-refractivity contribution < 1.29 is 4.79 Å². The van der Waals surface area contributed by atoms with Crippen LogP contribution in [0.3, 0.4) is 0 Å². The average Bonchev–Trinajstić information content (AvgIpc) is 3.04. The first-order valence-electron chi connectivity index (χ1n) is 9.08. The molecule has 0 aliphatic carbocycles.